The zero-order chi connectivity index (χ0) is 12.0. The molecule has 3 nitrogen and oxygen atoms in total. The van der Waals surface area contributed by atoms with Crippen LogP contribution in [0.5, 0.6) is 5.75 Å². The van der Waals surface area contributed by atoms with Crippen molar-refractivity contribution in [3.05, 3.63) is 34.4 Å². The van der Waals surface area contributed by atoms with Crippen molar-refractivity contribution < 1.29 is 9.53 Å². The summed E-state index contributed by atoms with van der Waals surface area (Å²) in [5.74, 6) is 0.892. The number of hydrogen-bond donors (Lipinski definition) is 1. The average Bonchev–Trinajstić information content (AvgIpc) is 2.71. The van der Waals surface area contributed by atoms with Crippen LogP contribution in [0.4, 0.5) is 0 Å². The van der Waals surface area contributed by atoms with Crippen LogP contribution in [-0.4, -0.2) is 19.6 Å². The summed E-state index contributed by atoms with van der Waals surface area (Å²) in [5.41, 5.74) is 5.70. The van der Waals surface area contributed by atoms with Gasteiger partial charge in [-0.25, -0.2) is 0 Å². The number of nitrogens with one attached hydrogen (secondary N) is 1. The highest BCUT2D eigenvalue weighted by Gasteiger charge is 2.29. The number of methoxy groups -OCH3 is 1. The van der Waals surface area contributed by atoms with Crippen LogP contribution in [0.2, 0.25) is 0 Å². The van der Waals surface area contributed by atoms with Gasteiger partial charge in [-0.3, -0.25) is 4.79 Å². The topological polar surface area (TPSA) is 38.3 Å². The number of aryl methyl sites for hydroxylation is 1. The number of amides is 1. The molecule has 1 heterocycles. The molecule has 1 aromatic rings. The van der Waals surface area contributed by atoms with E-state index in [0.717, 1.165) is 29.7 Å². The molecule has 0 spiro atoms. The van der Waals surface area contributed by atoms with E-state index in [4.69, 9.17) is 4.74 Å². The van der Waals surface area contributed by atoms with Crippen LogP contribution in [0, 0.1) is 6.92 Å². The van der Waals surface area contributed by atoms with Gasteiger partial charge in [-0.15, -0.1) is 0 Å². The van der Waals surface area contributed by atoms with Crippen molar-refractivity contribution in [2.45, 2.75) is 19.8 Å². The van der Waals surface area contributed by atoms with Crippen LogP contribution < -0.4 is 10.1 Å². The number of rotatable bonds is 1. The van der Waals surface area contributed by atoms with Gasteiger partial charge >= 0.3 is 0 Å². The Balaban J connectivity index is 2.23. The van der Waals surface area contributed by atoms with Gasteiger partial charge in [-0.1, -0.05) is 0 Å². The number of carbonyl (C=O) groups is 1. The molecule has 1 aromatic carbocycles. The summed E-state index contributed by atoms with van der Waals surface area (Å²) in [6.07, 6.45) is 2.02. The molecule has 17 heavy (non-hydrogen) atoms. The zero-order valence-electron chi connectivity index (χ0n) is 10.1. The molecule has 3 rings (SSSR count). The highest BCUT2D eigenvalue weighted by molar-refractivity contribution is 6.23. The first-order chi connectivity index (χ1) is 8.20. The summed E-state index contributed by atoms with van der Waals surface area (Å²) in [4.78, 5) is 11.9. The van der Waals surface area contributed by atoms with Gasteiger partial charge in [0.1, 0.15) is 5.75 Å². The molecule has 0 saturated carbocycles. The van der Waals surface area contributed by atoms with Crippen molar-refractivity contribution in [3.63, 3.8) is 0 Å². The Morgan fingerprint density at radius 3 is 2.88 bits per heavy atom. The van der Waals surface area contributed by atoms with Crippen LogP contribution in [0.3, 0.4) is 0 Å². The minimum Gasteiger partial charge on any atom is -0.497 e. The van der Waals surface area contributed by atoms with E-state index in [9.17, 15) is 4.79 Å². The molecule has 0 unspecified atom stereocenters. The molecule has 0 aromatic heterocycles. The van der Waals surface area contributed by atoms with Crippen LogP contribution in [-0.2, 0) is 11.2 Å². The lowest BCUT2D eigenvalue weighted by Gasteiger charge is -2.20. The Kier molecular flexibility index (Phi) is 2.21. The highest BCUT2D eigenvalue weighted by atomic mass is 16.5. The van der Waals surface area contributed by atoms with Crippen LogP contribution in [0.25, 0.3) is 5.57 Å². The molecule has 0 atom stereocenters. The number of ether oxygens (including phenoxy) is 1. The standard InChI is InChI=1S/C14H15NO2/c1-8-5-10(17-2)6-12-11(8)4-3-9-7-15-14(16)13(9)12/h5-6H,3-4,7H2,1-2H3,(H,15,16). The predicted molar refractivity (Wildman–Crippen MR) is 66.0 cm³/mol. The van der Waals surface area contributed by atoms with E-state index in [1.54, 1.807) is 7.11 Å². The van der Waals surface area contributed by atoms with E-state index in [1.165, 1.54) is 16.7 Å². The summed E-state index contributed by atoms with van der Waals surface area (Å²) >= 11 is 0. The van der Waals surface area contributed by atoms with Gasteiger partial charge in [0.05, 0.1) is 7.11 Å². The average molecular weight is 229 g/mol. The normalized spacial score (nSPS) is 17.6. The molecule has 0 fully saturated rings. The van der Waals surface area contributed by atoms with Crippen molar-refractivity contribution in [2.24, 2.45) is 0 Å². The summed E-state index contributed by atoms with van der Waals surface area (Å²) in [6, 6.07) is 4.03. The highest BCUT2D eigenvalue weighted by Crippen LogP contribution is 2.37. The molecular weight excluding hydrogens is 214 g/mol. The maximum atomic E-state index is 11.9. The zero-order valence-corrected chi connectivity index (χ0v) is 10.1. The number of benzene rings is 1. The molecule has 1 amide bonds. The van der Waals surface area contributed by atoms with Crippen molar-refractivity contribution in [2.75, 3.05) is 13.7 Å². The lowest BCUT2D eigenvalue weighted by molar-refractivity contribution is -0.114. The van der Waals surface area contributed by atoms with Crippen molar-refractivity contribution in [3.8, 4) is 5.75 Å². The van der Waals surface area contributed by atoms with E-state index >= 15 is 0 Å². The number of carbonyl (C=O) groups excluding carboxylic acids is 1. The number of hydrogen-bond acceptors (Lipinski definition) is 2. The van der Waals surface area contributed by atoms with E-state index in [1.807, 2.05) is 12.1 Å². The smallest absolute Gasteiger partial charge is 0.252 e. The fourth-order valence-corrected chi connectivity index (χ4v) is 2.78. The van der Waals surface area contributed by atoms with Gasteiger partial charge in [-0.05, 0) is 54.2 Å². The third kappa shape index (κ3) is 1.46. The number of fused-ring (bicyclic) bond motifs is 2. The van der Waals surface area contributed by atoms with Gasteiger partial charge in [0.15, 0.2) is 0 Å². The van der Waals surface area contributed by atoms with Crippen molar-refractivity contribution in [1.82, 2.24) is 5.32 Å². The van der Waals surface area contributed by atoms with Crippen LogP contribution >= 0.6 is 0 Å². The van der Waals surface area contributed by atoms with E-state index in [-0.39, 0.29) is 5.91 Å². The second kappa shape index (κ2) is 3.62. The van der Waals surface area contributed by atoms with Crippen molar-refractivity contribution >= 4 is 11.5 Å². The summed E-state index contributed by atoms with van der Waals surface area (Å²) in [5, 5.41) is 2.91. The third-order valence-electron chi connectivity index (χ3n) is 3.67. The fourth-order valence-electron chi connectivity index (χ4n) is 2.78. The predicted octanol–water partition coefficient (Wildman–Crippen LogP) is 1.83. The van der Waals surface area contributed by atoms with Crippen molar-refractivity contribution in [1.29, 1.82) is 0 Å². The molecule has 0 bridgehead atoms. The summed E-state index contributed by atoms with van der Waals surface area (Å²) < 4.78 is 5.29. The monoisotopic (exact) mass is 229 g/mol. The van der Waals surface area contributed by atoms with Gasteiger partial charge in [0.25, 0.3) is 5.91 Å². The molecule has 88 valence electrons. The minimum absolute atomic E-state index is 0.0635. The van der Waals surface area contributed by atoms with Gasteiger partial charge in [-0.2, -0.15) is 0 Å². The summed E-state index contributed by atoms with van der Waals surface area (Å²) in [6.45, 7) is 2.80. The van der Waals surface area contributed by atoms with Crippen LogP contribution in [0.1, 0.15) is 23.1 Å². The first-order valence-electron chi connectivity index (χ1n) is 5.89. The second-order valence-electron chi connectivity index (χ2n) is 4.63. The van der Waals surface area contributed by atoms with Gasteiger partial charge in [0.2, 0.25) is 0 Å². The maximum absolute atomic E-state index is 11.9. The van der Waals surface area contributed by atoms with E-state index < -0.39 is 0 Å². The Bertz CT molecular complexity index is 543. The molecule has 2 aliphatic rings. The van der Waals surface area contributed by atoms with Gasteiger partial charge in [0, 0.05) is 12.1 Å². The molecule has 1 aliphatic carbocycles. The molecule has 1 N–H and O–H groups in total. The SMILES string of the molecule is COc1cc(C)c2c(c1)C1=C(CC2)CNC1=O. The lowest BCUT2D eigenvalue weighted by atomic mass is 9.84. The van der Waals surface area contributed by atoms with E-state index in [2.05, 4.69) is 12.2 Å². The summed E-state index contributed by atoms with van der Waals surface area (Å²) in [7, 11) is 1.66. The molecule has 0 radical (unpaired) electrons. The Morgan fingerprint density at radius 2 is 2.12 bits per heavy atom. The Hall–Kier alpha value is -1.77. The Labute approximate surface area is 100 Å². The maximum Gasteiger partial charge on any atom is 0.252 e. The largest absolute Gasteiger partial charge is 0.497 e. The first-order valence-corrected chi connectivity index (χ1v) is 5.89. The second-order valence-corrected chi connectivity index (χ2v) is 4.63. The quantitative estimate of drug-likeness (QED) is 0.798. The van der Waals surface area contributed by atoms with E-state index in [0.29, 0.717) is 6.54 Å². The van der Waals surface area contributed by atoms with Crippen LogP contribution in [0.15, 0.2) is 17.7 Å². The fraction of sp³-hybridized carbons (Fsp3) is 0.357. The lowest BCUT2D eigenvalue weighted by Crippen LogP contribution is -2.17. The molecule has 0 saturated heterocycles. The Morgan fingerprint density at radius 1 is 1.29 bits per heavy atom. The first kappa shape index (κ1) is 10.4. The third-order valence-corrected chi connectivity index (χ3v) is 3.67. The molecular formula is C14H15NO2. The molecule has 3 heteroatoms. The van der Waals surface area contributed by atoms with Gasteiger partial charge < -0.3 is 10.1 Å². The molecule has 1 aliphatic heterocycles. The minimum atomic E-state index is 0.0635.